The van der Waals surface area contributed by atoms with Crippen LogP contribution in [0.15, 0.2) is 188 Å². The Kier molecular flexibility index (Phi) is 22.1. The second-order valence-electron chi connectivity index (χ2n) is 20.2. The third-order valence-corrected chi connectivity index (χ3v) is 17.0. The third kappa shape index (κ3) is 16.5. The highest BCUT2D eigenvalue weighted by atomic mass is 79.9. The average molecular weight is 1310 g/mol. The number of aromatic nitrogens is 3. The van der Waals surface area contributed by atoms with E-state index in [0.717, 1.165) is 59.6 Å². The van der Waals surface area contributed by atoms with Gasteiger partial charge in [0.05, 0.1) is 77.1 Å². The lowest BCUT2D eigenvalue weighted by molar-refractivity contribution is -0.130. The van der Waals surface area contributed by atoms with Crippen LogP contribution in [0.4, 0.5) is 23.1 Å². The number of amides is 2. The van der Waals surface area contributed by atoms with Gasteiger partial charge in [-0.05, 0) is 121 Å². The van der Waals surface area contributed by atoms with Crippen LogP contribution in [-0.2, 0) is 9.47 Å². The fourth-order valence-electron chi connectivity index (χ4n) is 8.65. The van der Waals surface area contributed by atoms with Gasteiger partial charge in [-0.15, -0.1) is 0 Å². The van der Waals surface area contributed by atoms with Crippen molar-refractivity contribution in [1.82, 2.24) is 15.0 Å². The topological polar surface area (TPSA) is 260 Å². The molecule has 0 spiro atoms. The van der Waals surface area contributed by atoms with Crippen LogP contribution in [0.1, 0.15) is 20.7 Å². The highest BCUT2D eigenvalue weighted by Gasteiger charge is 2.38. The van der Waals surface area contributed by atoms with Crippen molar-refractivity contribution in [2.45, 2.75) is 0 Å². The number of aliphatic hydroxyl groups is 2. The number of halogens is 3. The summed E-state index contributed by atoms with van der Waals surface area (Å²) in [5, 5.41) is 59.8. The molecule has 440 valence electrons. The number of nitrogens with zero attached hydrogens (tertiary/aromatic N) is 3. The molecule has 0 aliphatic carbocycles. The summed E-state index contributed by atoms with van der Waals surface area (Å²) in [7, 11) is -1.30. The number of nitrogens with two attached hydrogens (primary N) is 2. The maximum absolute atomic E-state index is 12.3. The number of hydrogen-bond donors (Lipinski definition) is 9. The molecule has 11 aromatic rings. The average Bonchev–Trinajstić information content (AvgIpc) is 3.26. The summed E-state index contributed by atoms with van der Waals surface area (Å²) >= 11 is 20.8. The molecule has 0 unspecified atom stereocenters. The number of thiophene rings is 3. The number of carbonyl (C=O) groups is 2. The molecule has 0 saturated carbocycles. The molecule has 86 heavy (non-hydrogen) atoms. The lowest BCUT2D eigenvalue weighted by Crippen LogP contribution is -2.50. The van der Waals surface area contributed by atoms with E-state index in [2.05, 4.69) is 93.3 Å². The molecule has 2 aliphatic rings. The third-order valence-electron chi connectivity index (χ3n) is 13.8. The lowest BCUT2D eigenvalue weighted by Gasteiger charge is -2.40. The Hall–Kier alpha value is -7.19. The zero-order chi connectivity index (χ0) is 60.6. The normalized spacial score (nSPS) is 13.3. The van der Waals surface area contributed by atoms with Crippen LogP contribution in [0, 0.1) is 10.8 Å². The molecule has 11 N–H and O–H groups in total. The maximum atomic E-state index is 12.3. The van der Waals surface area contributed by atoms with Crippen molar-refractivity contribution in [2.75, 3.05) is 74.4 Å². The van der Waals surface area contributed by atoms with Gasteiger partial charge in [-0.25, -0.2) is 15.0 Å². The van der Waals surface area contributed by atoms with Gasteiger partial charge in [0.15, 0.2) is 0 Å². The smallest absolute Gasteiger partial charge is 0.423 e. The van der Waals surface area contributed by atoms with E-state index in [1.54, 1.807) is 75.9 Å². The number of nitrogens with one attached hydrogen (secondary N) is 3. The molecular formula is C63H58BBrCl2N8O8S3. The number of pyridine rings is 3. The number of aliphatic hydroxyl groups excluding tert-OH is 2. The van der Waals surface area contributed by atoms with Gasteiger partial charge in [0.25, 0.3) is 11.8 Å². The molecule has 23 heteroatoms. The number of benzene rings is 5. The molecule has 5 aromatic carbocycles. The van der Waals surface area contributed by atoms with Crippen LogP contribution in [0.3, 0.4) is 0 Å². The highest BCUT2D eigenvalue weighted by molar-refractivity contribution is 9.10. The second kappa shape index (κ2) is 30.0. The Morgan fingerprint density at radius 3 is 1.48 bits per heavy atom. The number of rotatable bonds is 13. The van der Waals surface area contributed by atoms with Crippen molar-refractivity contribution in [3.63, 3.8) is 0 Å². The van der Waals surface area contributed by atoms with Gasteiger partial charge < -0.3 is 57.2 Å². The summed E-state index contributed by atoms with van der Waals surface area (Å²) in [5.41, 5.74) is 20.6. The van der Waals surface area contributed by atoms with Crippen LogP contribution in [0.2, 0.25) is 10.0 Å². The first-order chi connectivity index (χ1) is 41.7. The van der Waals surface area contributed by atoms with E-state index in [-0.39, 0.29) is 35.9 Å². The molecule has 2 saturated heterocycles. The number of carbonyl (C=O) groups excluding carboxylic acids is 2. The number of hydrogen-bond acceptors (Lipinski definition) is 17. The quantitative estimate of drug-likeness (QED) is 0.0487. The van der Waals surface area contributed by atoms with Gasteiger partial charge >= 0.3 is 7.12 Å². The first-order valence-electron chi connectivity index (χ1n) is 26.7. The zero-order valence-corrected chi connectivity index (χ0v) is 51.5. The molecule has 8 heterocycles. The standard InChI is InChI=1S/C20H13ClN2OS.C18H19N3O2S.C16H10BrClN2O.C5H11NO2.C4H5BO2S/c21-17-11-19(23-20(24)13-4-2-1-3-5-13)22-18-10-14(6-7-16(17)18)15-8-9-25-12-15;19-17-6-15(20-8-18(9-22)10-23-11-18)14-2-1-12(5-16(14)21-17)13-3-4-24-7-13;17-11-6-7-12-13(18)9-15(19-14(12)8-11)20-16(21)10-4-2-1-3-5-10;6-1-5(2-7)3-8-4-5;6-5(7)4-1-2-8-3-4/h1-12H,(H,22,23,24);1-7,22H,8-11H2,(H3,19,20,21);1-9H,(H,19,20,21);7H,1-4,6H2;1-3,6-7H. The molecule has 13 rings (SSSR count). The molecule has 2 aliphatic heterocycles. The summed E-state index contributed by atoms with van der Waals surface area (Å²) in [6.07, 6.45) is 0. The minimum atomic E-state index is -1.30. The largest absolute Gasteiger partial charge is 0.489 e. The van der Waals surface area contributed by atoms with Gasteiger partial charge in [-0.1, -0.05) is 112 Å². The second-order valence-corrected chi connectivity index (χ2v) is 24.2. The van der Waals surface area contributed by atoms with Gasteiger partial charge in [-0.2, -0.15) is 34.0 Å². The van der Waals surface area contributed by atoms with E-state index < -0.39 is 7.12 Å². The fraction of sp³-hybridized carbons (Fsp3) is 0.159. The van der Waals surface area contributed by atoms with Crippen molar-refractivity contribution in [3.8, 4) is 22.3 Å². The number of anilines is 4. The molecule has 6 aromatic heterocycles. The van der Waals surface area contributed by atoms with Crippen molar-refractivity contribution in [1.29, 1.82) is 0 Å². The maximum Gasteiger partial charge on any atom is 0.489 e. The summed E-state index contributed by atoms with van der Waals surface area (Å²) < 4.78 is 11.0. The predicted molar refractivity (Wildman–Crippen MR) is 355 cm³/mol. The van der Waals surface area contributed by atoms with Crippen molar-refractivity contribution in [2.24, 2.45) is 16.6 Å². The molecular weight excluding hydrogens is 1250 g/mol. The van der Waals surface area contributed by atoms with Crippen LogP contribution in [0.25, 0.3) is 55.0 Å². The molecule has 0 bridgehead atoms. The number of fused-ring (bicyclic) bond motifs is 3. The monoisotopic (exact) mass is 1310 g/mol. The molecule has 16 nitrogen and oxygen atoms in total. The molecule has 0 atom stereocenters. The summed E-state index contributed by atoms with van der Waals surface area (Å²) in [6.45, 7) is 3.86. The minimum absolute atomic E-state index is 0.0833. The SMILES string of the molecule is NCC1(CO)COC1.Nc1cc(NCC2(CO)COC2)c2ccc(-c3ccsc3)cc2n1.O=C(Nc1cc(Cl)c2ccc(-c3ccsc3)cc2n1)c1ccccc1.O=C(Nc1cc(Cl)c2ccc(Br)cc2n1)c1ccccc1.OB(O)c1ccsc1. The summed E-state index contributed by atoms with van der Waals surface area (Å²) in [5.74, 6) is 0.926. The predicted octanol–water partition coefficient (Wildman–Crippen LogP) is 12.1. The van der Waals surface area contributed by atoms with E-state index in [4.69, 9.17) is 59.3 Å². The lowest BCUT2D eigenvalue weighted by atomic mass is 9.83. The van der Waals surface area contributed by atoms with Crippen molar-refractivity contribution >= 4 is 153 Å². The number of nitrogen functional groups attached to an aromatic ring is 1. The van der Waals surface area contributed by atoms with Crippen LogP contribution in [-0.4, -0.2) is 107 Å². The van der Waals surface area contributed by atoms with E-state index in [1.165, 1.54) is 16.9 Å². The minimum Gasteiger partial charge on any atom is -0.423 e. The zero-order valence-electron chi connectivity index (χ0n) is 45.9. The van der Waals surface area contributed by atoms with E-state index in [1.807, 2.05) is 84.2 Å². The van der Waals surface area contributed by atoms with Gasteiger partial charge in [0.1, 0.15) is 17.5 Å². The first kappa shape index (κ1) is 63.3. The Balaban J connectivity index is 0.000000137. The van der Waals surface area contributed by atoms with E-state index in [9.17, 15) is 14.7 Å². The molecule has 2 amide bonds. The molecule has 0 radical (unpaired) electrons. The van der Waals surface area contributed by atoms with Gasteiger partial charge in [0, 0.05) is 68.7 Å². The van der Waals surface area contributed by atoms with Gasteiger partial charge in [-0.3, -0.25) is 9.59 Å². The van der Waals surface area contributed by atoms with Crippen LogP contribution < -0.4 is 32.9 Å². The van der Waals surface area contributed by atoms with Crippen LogP contribution >= 0.6 is 73.1 Å². The Morgan fingerprint density at radius 1 is 0.581 bits per heavy atom. The summed E-state index contributed by atoms with van der Waals surface area (Å²) in [4.78, 5) is 37.9. The number of ether oxygens (including phenoxy) is 2. The summed E-state index contributed by atoms with van der Waals surface area (Å²) in [6, 6.07) is 46.9. The molecule has 2 fully saturated rings. The van der Waals surface area contributed by atoms with Crippen LogP contribution in [0.5, 0.6) is 0 Å². The van der Waals surface area contributed by atoms with Gasteiger partial charge in [0.2, 0.25) is 0 Å². The van der Waals surface area contributed by atoms with Crippen molar-refractivity contribution < 1.29 is 39.3 Å². The Labute approximate surface area is 526 Å². The Bertz CT molecular complexity index is 4000. The van der Waals surface area contributed by atoms with E-state index in [0.29, 0.717) is 83.6 Å². The van der Waals surface area contributed by atoms with E-state index >= 15 is 0 Å². The first-order valence-corrected chi connectivity index (χ1v) is 31.1. The highest BCUT2D eigenvalue weighted by Crippen LogP contribution is 2.34. The van der Waals surface area contributed by atoms with Crippen molar-refractivity contribution in [3.05, 3.63) is 210 Å². The fourth-order valence-corrected chi connectivity index (χ4v) is 11.5. The Morgan fingerprint density at radius 2 is 1.06 bits per heavy atom.